The van der Waals surface area contributed by atoms with Gasteiger partial charge in [-0.25, -0.2) is 4.39 Å². The molecule has 0 bridgehead atoms. The fourth-order valence-corrected chi connectivity index (χ4v) is 5.02. The molecule has 0 spiro atoms. The lowest BCUT2D eigenvalue weighted by Gasteiger charge is -2.30. The fourth-order valence-electron chi connectivity index (χ4n) is 5.02. The maximum Gasteiger partial charge on any atom is 0.260 e. The normalized spacial score (nSPS) is 18.2. The first-order valence-corrected chi connectivity index (χ1v) is 12.5. The predicted molar refractivity (Wildman–Crippen MR) is 142 cm³/mol. The van der Waals surface area contributed by atoms with E-state index in [9.17, 15) is 14.0 Å². The number of halogens is 1. The summed E-state index contributed by atoms with van der Waals surface area (Å²) in [6.07, 6.45) is 0.550. The summed E-state index contributed by atoms with van der Waals surface area (Å²) in [6, 6.07) is 22.3. The van der Waals surface area contributed by atoms with Crippen molar-refractivity contribution in [1.29, 1.82) is 5.41 Å². The van der Waals surface area contributed by atoms with Gasteiger partial charge in [-0.3, -0.25) is 19.9 Å². The van der Waals surface area contributed by atoms with Crippen molar-refractivity contribution in [3.05, 3.63) is 107 Å². The third-order valence-electron chi connectivity index (χ3n) is 6.82. The Morgan fingerprint density at radius 3 is 2.35 bits per heavy atom. The minimum atomic E-state index is -1.01. The van der Waals surface area contributed by atoms with Crippen LogP contribution >= 0.6 is 0 Å². The third-order valence-corrected chi connectivity index (χ3v) is 6.82. The van der Waals surface area contributed by atoms with Crippen LogP contribution in [0.15, 0.2) is 78.9 Å². The summed E-state index contributed by atoms with van der Waals surface area (Å²) in [6.45, 7) is 6.34. The number of benzene rings is 3. The first kappa shape index (κ1) is 26.1. The average Bonchev–Trinajstić information content (AvgIpc) is 3.14. The van der Waals surface area contributed by atoms with Gasteiger partial charge in [-0.1, -0.05) is 68.4 Å². The number of amides is 2. The minimum absolute atomic E-state index is 0.0483. The highest BCUT2D eigenvalue weighted by Crippen LogP contribution is 2.38. The smallest absolute Gasteiger partial charge is 0.260 e. The van der Waals surface area contributed by atoms with E-state index < -0.39 is 11.6 Å². The topological polar surface area (TPSA) is 76.5 Å². The Labute approximate surface area is 217 Å². The molecule has 3 aromatic rings. The number of carbonyl (C=O) groups is 2. The fraction of sp³-hybridized carbons (Fsp3) is 0.300. The lowest BCUT2D eigenvalue weighted by atomic mass is 9.82. The highest BCUT2D eigenvalue weighted by atomic mass is 19.1. The third kappa shape index (κ3) is 5.26. The van der Waals surface area contributed by atoms with E-state index in [0.29, 0.717) is 18.5 Å². The van der Waals surface area contributed by atoms with Gasteiger partial charge < -0.3 is 10.2 Å². The first-order chi connectivity index (χ1) is 17.6. The molecule has 37 heavy (non-hydrogen) atoms. The van der Waals surface area contributed by atoms with Crippen LogP contribution in [-0.4, -0.2) is 34.6 Å². The van der Waals surface area contributed by atoms with E-state index in [-0.39, 0.29) is 29.5 Å². The van der Waals surface area contributed by atoms with Crippen molar-refractivity contribution >= 4 is 17.8 Å². The van der Waals surface area contributed by atoms with Gasteiger partial charge in [0.05, 0.1) is 6.04 Å². The van der Waals surface area contributed by atoms with E-state index in [1.807, 2.05) is 43.3 Å². The number of hydrogen-bond donors (Lipinski definition) is 2. The number of nitrogens with zero attached hydrogens (tertiary/aromatic N) is 2. The van der Waals surface area contributed by atoms with Gasteiger partial charge in [0, 0.05) is 19.2 Å². The molecule has 0 saturated carbocycles. The summed E-state index contributed by atoms with van der Waals surface area (Å²) in [5.74, 6) is -0.405. The number of carbonyl (C=O) groups excluding carboxylic acids is 2. The van der Waals surface area contributed by atoms with Crippen LogP contribution in [0, 0.1) is 17.1 Å². The maximum atomic E-state index is 14.0. The van der Waals surface area contributed by atoms with Gasteiger partial charge in [0.1, 0.15) is 11.4 Å². The van der Waals surface area contributed by atoms with Crippen molar-refractivity contribution in [2.75, 3.05) is 7.05 Å². The molecule has 2 N–H and O–H groups in total. The molecule has 0 aliphatic carbocycles. The predicted octanol–water partition coefficient (Wildman–Crippen LogP) is 5.47. The summed E-state index contributed by atoms with van der Waals surface area (Å²) in [5.41, 5.74) is 1.89. The van der Waals surface area contributed by atoms with E-state index in [1.165, 1.54) is 17.0 Å². The van der Waals surface area contributed by atoms with Crippen molar-refractivity contribution in [3.8, 4) is 0 Å². The summed E-state index contributed by atoms with van der Waals surface area (Å²) in [7, 11) is 1.70. The Kier molecular flexibility index (Phi) is 7.43. The molecule has 192 valence electrons. The Morgan fingerprint density at radius 2 is 1.70 bits per heavy atom. The molecule has 0 aromatic heterocycles. The second-order valence-corrected chi connectivity index (χ2v) is 10.1. The van der Waals surface area contributed by atoms with E-state index in [2.05, 4.69) is 19.2 Å². The number of rotatable bonds is 8. The number of guanidine groups is 1. The van der Waals surface area contributed by atoms with Crippen LogP contribution in [0.1, 0.15) is 60.3 Å². The second kappa shape index (κ2) is 10.5. The van der Waals surface area contributed by atoms with Gasteiger partial charge in [-0.05, 0) is 60.2 Å². The van der Waals surface area contributed by atoms with E-state index in [0.717, 1.165) is 16.7 Å². The Balaban J connectivity index is 1.58. The molecule has 6 nitrogen and oxygen atoms in total. The van der Waals surface area contributed by atoms with E-state index >= 15 is 0 Å². The SMILES string of the molecule is CC(C)C[C@]1(c2ccccc2)NC(=N)N(C(C)c2cccc(C(=O)N(C)Cc3ccc(F)cc3)c2)C1=O. The highest BCUT2D eigenvalue weighted by molar-refractivity contribution is 6.08. The van der Waals surface area contributed by atoms with Crippen LogP contribution in [0.5, 0.6) is 0 Å². The van der Waals surface area contributed by atoms with Crippen LogP contribution in [-0.2, 0) is 16.9 Å². The summed E-state index contributed by atoms with van der Waals surface area (Å²) in [4.78, 5) is 30.2. The second-order valence-electron chi connectivity index (χ2n) is 10.1. The molecule has 1 fully saturated rings. The largest absolute Gasteiger partial charge is 0.338 e. The van der Waals surface area contributed by atoms with Gasteiger partial charge in [-0.2, -0.15) is 0 Å². The van der Waals surface area contributed by atoms with Crippen molar-refractivity contribution in [2.24, 2.45) is 5.92 Å². The molecule has 3 aromatic carbocycles. The molecular formula is C30H33FN4O2. The quantitative estimate of drug-likeness (QED) is 0.431. The maximum absolute atomic E-state index is 14.0. The molecule has 1 aliphatic heterocycles. The molecule has 4 rings (SSSR count). The Morgan fingerprint density at radius 1 is 1.03 bits per heavy atom. The first-order valence-electron chi connectivity index (χ1n) is 12.5. The van der Waals surface area contributed by atoms with Gasteiger partial charge >= 0.3 is 0 Å². The van der Waals surface area contributed by atoms with Crippen LogP contribution < -0.4 is 5.32 Å². The summed E-state index contributed by atoms with van der Waals surface area (Å²) >= 11 is 0. The van der Waals surface area contributed by atoms with Gasteiger partial charge in [0.15, 0.2) is 5.96 Å². The summed E-state index contributed by atoms with van der Waals surface area (Å²) < 4.78 is 13.2. The monoisotopic (exact) mass is 500 g/mol. The molecule has 1 aliphatic rings. The standard InChI is InChI=1S/C30H33FN4O2/c1-20(2)18-30(25-11-6-5-7-12-25)28(37)35(29(32)33-30)21(3)23-9-8-10-24(17-23)27(36)34(4)19-22-13-15-26(31)16-14-22/h5-17,20-21H,18-19H2,1-4H3,(H2,32,33)/t21?,30-/m1/s1. The molecule has 1 heterocycles. The molecule has 2 atom stereocenters. The highest BCUT2D eigenvalue weighted by Gasteiger charge is 2.52. The number of nitrogens with one attached hydrogen (secondary N) is 2. The van der Waals surface area contributed by atoms with Crippen LogP contribution in [0.2, 0.25) is 0 Å². The lowest BCUT2D eigenvalue weighted by Crippen LogP contribution is -2.45. The van der Waals surface area contributed by atoms with Crippen LogP contribution in [0.4, 0.5) is 4.39 Å². The van der Waals surface area contributed by atoms with E-state index in [1.54, 1.807) is 42.3 Å². The zero-order valence-corrected chi connectivity index (χ0v) is 21.7. The van der Waals surface area contributed by atoms with Crippen molar-refractivity contribution in [1.82, 2.24) is 15.1 Å². The molecule has 1 unspecified atom stereocenters. The summed E-state index contributed by atoms with van der Waals surface area (Å²) in [5, 5.41) is 11.9. The van der Waals surface area contributed by atoms with Crippen molar-refractivity contribution in [3.63, 3.8) is 0 Å². The van der Waals surface area contributed by atoms with E-state index in [4.69, 9.17) is 5.41 Å². The Bertz CT molecular complexity index is 1290. The average molecular weight is 501 g/mol. The van der Waals surface area contributed by atoms with Crippen molar-refractivity contribution < 1.29 is 14.0 Å². The van der Waals surface area contributed by atoms with Gasteiger partial charge in [-0.15, -0.1) is 0 Å². The van der Waals surface area contributed by atoms with Gasteiger partial charge in [0.25, 0.3) is 11.8 Å². The van der Waals surface area contributed by atoms with Gasteiger partial charge in [0.2, 0.25) is 0 Å². The number of hydrogen-bond acceptors (Lipinski definition) is 3. The molecule has 1 saturated heterocycles. The molecule has 7 heteroatoms. The zero-order chi connectivity index (χ0) is 26.7. The van der Waals surface area contributed by atoms with Crippen LogP contribution in [0.3, 0.4) is 0 Å². The molecular weight excluding hydrogens is 467 g/mol. The Hall–Kier alpha value is -4.00. The lowest BCUT2D eigenvalue weighted by molar-refractivity contribution is -0.133. The molecule has 2 amide bonds. The van der Waals surface area contributed by atoms with Crippen molar-refractivity contribution in [2.45, 2.75) is 45.3 Å². The minimum Gasteiger partial charge on any atom is -0.338 e. The zero-order valence-electron chi connectivity index (χ0n) is 21.7. The van der Waals surface area contributed by atoms with Crippen LogP contribution in [0.25, 0.3) is 0 Å². The molecule has 0 radical (unpaired) electrons.